The Labute approximate surface area is 130 Å². The van der Waals surface area contributed by atoms with Gasteiger partial charge in [0.05, 0.1) is 0 Å². The fourth-order valence-electron chi connectivity index (χ4n) is 2.15. The zero-order valence-electron chi connectivity index (χ0n) is 10.9. The second-order valence-electron chi connectivity index (χ2n) is 4.46. The largest absolute Gasteiger partial charge is 0.488 e. The van der Waals surface area contributed by atoms with Crippen molar-refractivity contribution < 1.29 is 14.6 Å². The third-order valence-electron chi connectivity index (χ3n) is 3.16. The molecule has 3 nitrogen and oxygen atoms in total. The van der Waals surface area contributed by atoms with E-state index in [1.165, 1.54) is 11.3 Å². The quantitative estimate of drug-likeness (QED) is 0.749. The maximum Gasteiger partial charge on any atom is 0.346 e. The van der Waals surface area contributed by atoms with Crippen LogP contribution < -0.4 is 4.74 Å². The predicted octanol–water partition coefficient (Wildman–Crippen LogP) is 4.83. The van der Waals surface area contributed by atoms with Gasteiger partial charge in [-0.2, -0.15) is 0 Å². The van der Waals surface area contributed by atoms with E-state index >= 15 is 0 Å². The fraction of sp³-hybridized carbons (Fsp3) is 0.0625. The molecule has 106 valence electrons. The lowest BCUT2D eigenvalue weighted by Crippen LogP contribution is -2.02. The Bertz CT molecular complexity index is 810. The Morgan fingerprint density at radius 3 is 2.67 bits per heavy atom. The Morgan fingerprint density at radius 2 is 1.90 bits per heavy atom. The summed E-state index contributed by atoms with van der Waals surface area (Å²) in [5, 5.41) is 13.3. The molecule has 0 unspecified atom stereocenters. The Morgan fingerprint density at radius 1 is 1.14 bits per heavy atom. The summed E-state index contributed by atoms with van der Waals surface area (Å²) >= 11 is 7.36. The van der Waals surface area contributed by atoms with Crippen LogP contribution in [-0.2, 0) is 6.61 Å². The van der Waals surface area contributed by atoms with E-state index in [1.807, 2.05) is 24.3 Å². The molecular formula is C16H11ClO3S. The number of rotatable bonds is 4. The first kappa shape index (κ1) is 13.9. The van der Waals surface area contributed by atoms with Gasteiger partial charge in [-0.3, -0.25) is 0 Å². The molecule has 5 heteroatoms. The molecule has 1 heterocycles. The molecule has 0 saturated heterocycles. The summed E-state index contributed by atoms with van der Waals surface area (Å²) in [5.41, 5.74) is 0.673. The first-order valence-corrected chi connectivity index (χ1v) is 7.52. The minimum Gasteiger partial charge on any atom is -0.488 e. The van der Waals surface area contributed by atoms with E-state index in [2.05, 4.69) is 0 Å². The van der Waals surface area contributed by atoms with E-state index in [0.717, 1.165) is 10.8 Å². The molecule has 2 aromatic carbocycles. The van der Waals surface area contributed by atoms with E-state index in [-0.39, 0.29) is 6.61 Å². The van der Waals surface area contributed by atoms with Gasteiger partial charge < -0.3 is 9.84 Å². The standard InChI is InChI=1S/C16H11ClO3S/c17-13-5-6-14(12-4-2-1-3-11(12)13)20-9-10-7-8-21-15(10)16(18)19/h1-8H,9H2,(H,18,19). The number of hydrogen-bond donors (Lipinski definition) is 1. The lowest BCUT2D eigenvalue weighted by Gasteiger charge is -2.10. The van der Waals surface area contributed by atoms with Crippen molar-refractivity contribution in [3.8, 4) is 5.75 Å². The van der Waals surface area contributed by atoms with Crippen molar-refractivity contribution >= 4 is 39.7 Å². The van der Waals surface area contributed by atoms with Gasteiger partial charge in [0.2, 0.25) is 0 Å². The van der Waals surface area contributed by atoms with E-state index in [9.17, 15) is 4.79 Å². The van der Waals surface area contributed by atoms with Crippen molar-refractivity contribution in [3.63, 3.8) is 0 Å². The first-order chi connectivity index (χ1) is 10.2. The lowest BCUT2D eigenvalue weighted by atomic mass is 10.1. The summed E-state index contributed by atoms with van der Waals surface area (Å²) in [6.07, 6.45) is 0. The molecule has 1 aromatic heterocycles. The summed E-state index contributed by atoms with van der Waals surface area (Å²) < 4.78 is 5.79. The molecule has 0 radical (unpaired) electrons. The number of carbonyl (C=O) groups is 1. The Kier molecular flexibility index (Phi) is 3.82. The van der Waals surface area contributed by atoms with Crippen molar-refractivity contribution in [2.24, 2.45) is 0 Å². The van der Waals surface area contributed by atoms with Gasteiger partial charge in [0.15, 0.2) is 0 Å². The highest BCUT2D eigenvalue weighted by Crippen LogP contribution is 2.32. The van der Waals surface area contributed by atoms with Crippen molar-refractivity contribution in [2.45, 2.75) is 6.61 Å². The molecule has 21 heavy (non-hydrogen) atoms. The molecule has 3 aromatic rings. The molecule has 0 bridgehead atoms. The third-order valence-corrected chi connectivity index (χ3v) is 4.43. The molecule has 0 amide bonds. The topological polar surface area (TPSA) is 46.5 Å². The third kappa shape index (κ3) is 2.73. The highest BCUT2D eigenvalue weighted by molar-refractivity contribution is 7.12. The van der Waals surface area contributed by atoms with Crippen LogP contribution in [0.1, 0.15) is 15.2 Å². The van der Waals surface area contributed by atoms with Gasteiger partial charge in [-0.15, -0.1) is 11.3 Å². The van der Waals surface area contributed by atoms with Crippen molar-refractivity contribution in [2.75, 3.05) is 0 Å². The average Bonchev–Trinajstić information content (AvgIpc) is 2.96. The van der Waals surface area contributed by atoms with Gasteiger partial charge in [-0.05, 0) is 23.6 Å². The average molecular weight is 319 g/mol. The minimum atomic E-state index is -0.926. The van der Waals surface area contributed by atoms with Crippen LogP contribution in [0, 0.1) is 0 Å². The second kappa shape index (κ2) is 5.76. The number of carboxylic acid groups (broad SMARTS) is 1. The Balaban J connectivity index is 1.91. The van der Waals surface area contributed by atoms with Gasteiger partial charge in [0.25, 0.3) is 0 Å². The minimum absolute atomic E-state index is 0.219. The summed E-state index contributed by atoms with van der Waals surface area (Å²) in [4.78, 5) is 11.4. The molecule has 0 aliphatic rings. The summed E-state index contributed by atoms with van der Waals surface area (Å²) in [5.74, 6) is -0.234. The smallest absolute Gasteiger partial charge is 0.346 e. The number of benzene rings is 2. The van der Waals surface area contributed by atoms with Gasteiger partial charge in [0, 0.05) is 21.4 Å². The second-order valence-corrected chi connectivity index (χ2v) is 5.78. The van der Waals surface area contributed by atoms with Crippen LogP contribution >= 0.6 is 22.9 Å². The van der Waals surface area contributed by atoms with Gasteiger partial charge >= 0.3 is 5.97 Å². The van der Waals surface area contributed by atoms with Crippen LogP contribution in [0.3, 0.4) is 0 Å². The van der Waals surface area contributed by atoms with Crippen molar-refractivity contribution in [1.29, 1.82) is 0 Å². The number of halogens is 1. The molecular weight excluding hydrogens is 308 g/mol. The molecule has 1 N–H and O–H groups in total. The maximum atomic E-state index is 11.1. The summed E-state index contributed by atoms with van der Waals surface area (Å²) in [7, 11) is 0. The van der Waals surface area contributed by atoms with Gasteiger partial charge in [-0.1, -0.05) is 35.9 Å². The van der Waals surface area contributed by atoms with Crippen LogP contribution in [0.15, 0.2) is 47.8 Å². The zero-order valence-corrected chi connectivity index (χ0v) is 12.4. The van der Waals surface area contributed by atoms with E-state index in [4.69, 9.17) is 21.4 Å². The molecule has 0 fully saturated rings. The van der Waals surface area contributed by atoms with E-state index in [1.54, 1.807) is 23.6 Å². The predicted molar refractivity (Wildman–Crippen MR) is 84.6 cm³/mol. The van der Waals surface area contributed by atoms with Crippen LogP contribution in [0.2, 0.25) is 5.02 Å². The molecule has 0 saturated carbocycles. The number of carboxylic acids is 1. The number of thiophene rings is 1. The molecule has 3 rings (SSSR count). The molecule has 0 atom stereocenters. The monoisotopic (exact) mass is 318 g/mol. The molecule has 0 spiro atoms. The number of aromatic carboxylic acids is 1. The van der Waals surface area contributed by atoms with Crippen molar-refractivity contribution in [3.05, 3.63) is 63.3 Å². The van der Waals surface area contributed by atoms with E-state index < -0.39 is 5.97 Å². The normalized spacial score (nSPS) is 10.7. The van der Waals surface area contributed by atoms with Gasteiger partial charge in [0.1, 0.15) is 17.2 Å². The van der Waals surface area contributed by atoms with Crippen LogP contribution in [0.5, 0.6) is 5.75 Å². The van der Waals surface area contributed by atoms with Crippen molar-refractivity contribution in [1.82, 2.24) is 0 Å². The summed E-state index contributed by atoms with van der Waals surface area (Å²) in [6, 6.07) is 13.0. The van der Waals surface area contributed by atoms with Gasteiger partial charge in [-0.25, -0.2) is 4.79 Å². The SMILES string of the molecule is O=C(O)c1sccc1COc1ccc(Cl)c2ccccc12. The van der Waals surface area contributed by atoms with Crippen LogP contribution in [-0.4, -0.2) is 11.1 Å². The summed E-state index contributed by atoms with van der Waals surface area (Å²) in [6.45, 7) is 0.219. The molecule has 0 aliphatic carbocycles. The highest BCUT2D eigenvalue weighted by atomic mass is 35.5. The zero-order chi connectivity index (χ0) is 14.8. The van der Waals surface area contributed by atoms with E-state index in [0.29, 0.717) is 21.2 Å². The number of fused-ring (bicyclic) bond motifs is 1. The number of ether oxygens (including phenoxy) is 1. The highest BCUT2D eigenvalue weighted by Gasteiger charge is 2.13. The Hall–Kier alpha value is -2.04. The lowest BCUT2D eigenvalue weighted by molar-refractivity contribution is 0.0699. The maximum absolute atomic E-state index is 11.1. The molecule has 0 aliphatic heterocycles. The fourth-order valence-corrected chi connectivity index (χ4v) is 3.13. The number of hydrogen-bond acceptors (Lipinski definition) is 3. The van der Waals surface area contributed by atoms with Crippen LogP contribution in [0.25, 0.3) is 10.8 Å². The van der Waals surface area contributed by atoms with Crippen LogP contribution in [0.4, 0.5) is 0 Å². The first-order valence-electron chi connectivity index (χ1n) is 6.26.